The third kappa shape index (κ3) is 5.32. The standard InChI is InChI=1S/C13H18O9/c1-6(14)19-10-5-18-13(22-9(4)17)12(21-8(3)16)11(10)20-7(2)15/h10-13H,5H2,1-4H3/t10-,11-,12+,13-/m1/s1. The summed E-state index contributed by atoms with van der Waals surface area (Å²) in [4.78, 5) is 44.7. The van der Waals surface area contributed by atoms with Gasteiger partial charge in [0.2, 0.25) is 12.4 Å². The van der Waals surface area contributed by atoms with Crippen molar-refractivity contribution in [3.63, 3.8) is 0 Å². The molecule has 0 amide bonds. The van der Waals surface area contributed by atoms with E-state index >= 15 is 0 Å². The van der Waals surface area contributed by atoms with E-state index in [9.17, 15) is 19.2 Å². The molecule has 0 N–H and O–H groups in total. The van der Waals surface area contributed by atoms with Crippen molar-refractivity contribution >= 4 is 23.9 Å². The predicted octanol–water partition coefficient (Wildman–Crippen LogP) is -0.299. The molecule has 0 aliphatic carbocycles. The van der Waals surface area contributed by atoms with Gasteiger partial charge in [-0.2, -0.15) is 0 Å². The fourth-order valence-electron chi connectivity index (χ4n) is 1.97. The van der Waals surface area contributed by atoms with Crippen LogP contribution in [-0.2, 0) is 42.9 Å². The van der Waals surface area contributed by atoms with Crippen molar-refractivity contribution in [3.8, 4) is 0 Å². The molecule has 1 heterocycles. The molecule has 9 heteroatoms. The lowest BCUT2D eigenvalue weighted by Gasteiger charge is -2.39. The van der Waals surface area contributed by atoms with Crippen molar-refractivity contribution in [2.45, 2.75) is 52.3 Å². The van der Waals surface area contributed by atoms with Crippen molar-refractivity contribution in [2.75, 3.05) is 6.61 Å². The number of hydrogen-bond donors (Lipinski definition) is 0. The fraction of sp³-hybridized carbons (Fsp3) is 0.692. The van der Waals surface area contributed by atoms with Crippen LogP contribution in [0.3, 0.4) is 0 Å². The van der Waals surface area contributed by atoms with E-state index in [0.717, 1.165) is 20.8 Å². The lowest BCUT2D eigenvalue weighted by atomic mass is 10.0. The van der Waals surface area contributed by atoms with Crippen LogP contribution in [0.15, 0.2) is 0 Å². The van der Waals surface area contributed by atoms with Crippen LogP contribution in [0.2, 0.25) is 0 Å². The molecule has 0 bridgehead atoms. The second-order valence-corrected chi connectivity index (χ2v) is 4.61. The van der Waals surface area contributed by atoms with Crippen LogP contribution >= 0.6 is 0 Å². The summed E-state index contributed by atoms with van der Waals surface area (Å²) in [5.41, 5.74) is 0. The summed E-state index contributed by atoms with van der Waals surface area (Å²) in [6.45, 7) is 4.40. The Labute approximate surface area is 126 Å². The molecule has 124 valence electrons. The van der Waals surface area contributed by atoms with E-state index in [1.807, 2.05) is 0 Å². The summed E-state index contributed by atoms with van der Waals surface area (Å²) >= 11 is 0. The fourth-order valence-corrected chi connectivity index (χ4v) is 1.97. The Bertz CT molecular complexity index is 416. The van der Waals surface area contributed by atoms with E-state index in [-0.39, 0.29) is 6.61 Å². The summed E-state index contributed by atoms with van der Waals surface area (Å²) in [7, 11) is 0. The Morgan fingerprint density at radius 2 is 1.18 bits per heavy atom. The number of rotatable bonds is 4. The first-order valence-electron chi connectivity index (χ1n) is 6.51. The molecule has 1 saturated heterocycles. The highest BCUT2D eigenvalue weighted by molar-refractivity contribution is 5.69. The van der Waals surface area contributed by atoms with Crippen molar-refractivity contribution in [3.05, 3.63) is 0 Å². The van der Waals surface area contributed by atoms with E-state index in [2.05, 4.69) is 0 Å². The Morgan fingerprint density at radius 3 is 1.64 bits per heavy atom. The molecule has 9 nitrogen and oxygen atoms in total. The molecule has 22 heavy (non-hydrogen) atoms. The van der Waals surface area contributed by atoms with Gasteiger partial charge in [0.1, 0.15) is 0 Å². The number of ether oxygens (including phenoxy) is 5. The highest BCUT2D eigenvalue weighted by Gasteiger charge is 2.48. The Morgan fingerprint density at radius 1 is 0.727 bits per heavy atom. The largest absolute Gasteiger partial charge is 0.456 e. The maximum Gasteiger partial charge on any atom is 0.305 e. The van der Waals surface area contributed by atoms with Gasteiger partial charge < -0.3 is 23.7 Å². The number of carbonyl (C=O) groups is 4. The van der Waals surface area contributed by atoms with E-state index in [1.165, 1.54) is 6.92 Å². The molecule has 0 aromatic carbocycles. The van der Waals surface area contributed by atoms with Crippen LogP contribution in [0.4, 0.5) is 0 Å². The molecule has 4 atom stereocenters. The van der Waals surface area contributed by atoms with Crippen LogP contribution in [0.5, 0.6) is 0 Å². The number of carbonyl (C=O) groups excluding carboxylic acids is 4. The molecule has 1 rings (SSSR count). The van der Waals surface area contributed by atoms with Crippen molar-refractivity contribution in [1.29, 1.82) is 0 Å². The topological polar surface area (TPSA) is 114 Å². The first-order chi connectivity index (χ1) is 10.2. The predicted molar refractivity (Wildman–Crippen MR) is 68.2 cm³/mol. The Kier molecular flexibility index (Phi) is 6.29. The second-order valence-electron chi connectivity index (χ2n) is 4.61. The average Bonchev–Trinajstić information content (AvgIpc) is 2.34. The van der Waals surface area contributed by atoms with Crippen molar-refractivity contribution in [1.82, 2.24) is 0 Å². The third-order valence-corrected chi connectivity index (χ3v) is 2.59. The summed E-state index contributed by atoms with van der Waals surface area (Å²) in [5, 5.41) is 0. The van der Waals surface area contributed by atoms with Gasteiger partial charge in [-0.3, -0.25) is 19.2 Å². The summed E-state index contributed by atoms with van der Waals surface area (Å²) in [5.74, 6) is -2.68. The van der Waals surface area contributed by atoms with Gasteiger partial charge in [0, 0.05) is 27.7 Å². The summed E-state index contributed by atoms with van der Waals surface area (Å²) in [6, 6.07) is 0. The van der Waals surface area contributed by atoms with Crippen LogP contribution in [-0.4, -0.2) is 55.1 Å². The maximum atomic E-state index is 11.3. The van der Waals surface area contributed by atoms with Gasteiger partial charge in [0.15, 0.2) is 12.2 Å². The Hall–Kier alpha value is -2.16. The van der Waals surface area contributed by atoms with Gasteiger partial charge in [-0.25, -0.2) is 0 Å². The lowest BCUT2D eigenvalue weighted by Crippen LogP contribution is -2.58. The molecule has 0 unspecified atom stereocenters. The number of hydrogen-bond acceptors (Lipinski definition) is 9. The normalized spacial score (nSPS) is 27.5. The van der Waals surface area contributed by atoms with Gasteiger partial charge in [0.05, 0.1) is 6.61 Å². The van der Waals surface area contributed by atoms with Gasteiger partial charge in [-0.1, -0.05) is 0 Å². The highest BCUT2D eigenvalue weighted by Crippen LogP contribution is 2.25. The van der Waals surface area contributed by atoms with Crippen LogP contribution in [0, 0.1) is 0 Å². The molecule has 0 aromatic heterocycles. The zero-order valence-corrected chi connectivity index (χ0v) is 12.7. The molecule has 0 radical (unpaired) electrons. The van der Waals surface area contributed by atoms with Crippen molar-refractivity contribution in [2.24, 2.45) is 0 Å². The first kappa shape index (κ1) is 17.9. The quantitative estimate of drug-likeness (QED) is 0.509. The Balaban J connectivity index is 3.03. The van der Waals surface area contributed by atoms with Crippen molar-refractivity contribution < 1.29 is 42.9 Å². The molecule has 1 aliphatic rings. The van der Waals surface area contributed by atoms with E-state index in [1.54, 1.807) is 0 Å². The molecule has 1 fully saturated rings. The minimum Gasteiger partial charge on any atom is -0.456 e. The van der Waals surface area contributed by atoms with E-state index in [4.69, 9.17) is 23.7 Å². The van der Waals surface area contributed by atoms with Crippen LogP contribution in [0.1, 0.15) is 27.7 Å². The minimum atomic E-state index is -1.27. The molecule has 0 aromatic rings. The second kappa shape index (κ2) is 7.74. The lowest BCUT2D eigenvalue weighted by molar-refractivity contribution is -0.273. The van der Waals surface area contributed by atoms with E-state index < -0.39 is 48.5 Å². The SMILES string of the molecule is CC(=O)O[C@H]1OC[C@@H](OC(C)=O)[C@@H](OC(C)=O)[C@@H]1OC(C)=O. The minimum absolute atomic E-state index is 0.187. The zero-order chi connectivity index (χ0) is 16.9. The molecule has 0 spiro atoms. The van der Waals surface area contributed by atoms with Gasteiger partial charge >= 0.3 is 23.9 Å². The smallest absolute Gasteiger partial charge is 0.305 e. The monoisotopic (exact) mass is 318 g/mol. The molecule has 1 aliphatic heterocycles. The number of esters is 4. The van der Waals surface area contributed by atoms with Gasteiger partial charge in [-0.05, 0) is 0 Å². The first-order valence-corrected chi connectivity index (χ1v) is 6.51. The van der Waals surface area contributed by atoms with Gasteiger partial charge in [-0.15, -0.1) is 0 Å². The van der Waals surface area contributed by atoms with Crippen LogP contribution in [0.25, 0.3) is 0 Å². The molecule has 0 saturated carbocycles. The van der Waals surface area contributed by atoms with E-state index in [0.29, 0.717) is 0 Å². The van der Waals surface area contributed by atoms with Crippen LogP contribution < -0.4 is 0 Å². The maximum absolute atomic E-state index is 11.3. The zero-order valence-electron chi connectivity index (χ0n) is 12.7. The molecular weight excluding hydrogens is 300 g/mol. The summed E-state index contributed by atoms with van der Waals surface area (Å²) in [6.07, 6.45) is -4.65. The third-order valence-electron chi connectivity index (χ3n) is 2.59. The summed E-state index contributed by atoms with van der Waals surface area (Å²) < 4.78 is 25.2. The highest BCUT2D eigenvalue weighted by atomic mass is 16.7. The molecular formula is C13H18O9. The average molecular weight is 318 g/mol. The van der Waals surface area contributed by atoms with Gasteiger partial charge in [0.25, 0.3) is 0 Å².